The summed E-state index contributed by atoms with van der Waals surface area (Å²) in [7, 11) is 0. The highest BCUT2D eigenvalue weighted by atomic mass is 35.5. The summed E-state index contributed by atoms with van der Waals surface area (Å²) in [4.78, 5) is 18.4. The van der Waals surface area contributed by atoms with Gasteiger partial charge in [-0.15, -0.1) is 0 Å². The number of carbonyl (C=O) groups is 1. The Balaban J connectivity index is 1.43. The van der Waals surface area contributed by atoms with Crippen LogP contribution >= 0.6 is 11.6 Å². The highest BCUT2D eigenvalue weighted by Gasteiger charge is 2.36. The van der Waals surface area contributed by atoms with E-state index in [1.54, 1.807) is 6.07 Å². The summed E-state index contributed by atoms with van der Waals surface area (Å²) >= 11 is 6.55. The number of hydrogen-bond acceptors (Lipinski definition) is 8. The normalized spacial score (nSPS) is 22.4. The molecule has 0 aromatic heterocycles. The van der Waals surface area contributed by atoms with Gasteiger partial charge in [0.2, 0.25) is 5.91 Å². The lowest BCUT2D eigenvalue weighted by molar-refractivity contribution is -0.133. The first-order valence-corrected chi connectivity index (χ1v) is 13.7. The maximum absolute atomic E-state index is 16.2. The van der Waals surface area contributed by atoms with E-state index in [0.29, 0.717) is 64.5 Å². The monoisotopic (exact) mass is 565 g/mol. The third-order valence-electron chi connectivity index (χ3n) is 7.50. The number of morpholine rings is 1. The SMILES string of the molecule is CCC(=O)N1CCN(C2NC(OCCN3CCOCC3)Nc3c2cc(Cl)c(-c2c(O)cccc2F)c3F)CC1. The number of nitrogens with zero attached hydrogens (tertiary/aromatic N) is 3. The molecule has 0 bridgehead atoms. The highest BCUT2D eigenvalue weighted by Crippen LogP contribution is 2.45. The van der Waals surface area contributed by atoms with Crippen molar-refractivity contribution in [3.05, 3.63) is 46.5 Å². The lowest BCUT2D eigenvalue weighted by Crippen LogP contribution is -2.57. The van der Waals surface area contributed by atoms with Crippen LogP contribution in [0.15, 0.2) is 24.3 Å². The number of aromatic hydroxyl groups is 1. The number of rotatable bonds is 7. The molecule has 2 aromatic carbocycles. The second-order valence-corrected chi connectivity index (χ2v) is 10.2. The van der Waals surface area contributed by atoms with Crippen LogP contribution < -0.4 is 10.6 Å². The second-order valence-electron chi connectivity index (χ2n) is 9.83. The molecule has 0 spiro atoms. The third-order valence-corrected chi connectivity index (χ3v) is 7.80. The van der Waals surface area contributed by atoms with Gasteiger partial charge in [-0.1, -0.05) is 24.6 Å². The van der Waals surface area contributed by atoms with Crippen LogP contribution in [-0.2, 0) is 14.3 Å². The zero-order chi connectivity index (χ0) is 27.5. The van der Waals surface area contributed by atoms with E-state index in [1.807, 2.05) is 11.8 Å². The topological polar surface area (TPSA) is 89.5 Å². The van der Waals surface area contributed by atoms with Crippen LogP contribution in [0.4, 0.5) is 14.5 Å². The average Bonchev–Trinajstić information content (AvgIpc) is 2.95. The van der Waals surface area contributed by atoms with Crippen molar-refractivity contribution in [2.75, 3.05) is 71.0 Å². The molecule has 39 heavy (non-hydrogen) atoms. The number of piperazine rings is 1. The second kappa shape index (κ2) is 12.3. The largest absolute Gasteiger partial charge is 0.507 e. The van der Waals surface area contributed by atoms with Gasteiger partial charge < -0.3 is 24.8 Å². The Kier molecular flexibility index (Phi) is 8.85. The van der Waals surface area contributed by atoms with Gasteiger partial charge in [0.05, 0.1) is 42.3 Å². The van der Waals surface area contributed by atoms with Gasteiger partial charge in [0.1, 0.15) is 11.6 Å². The fraction of sp³-hybridized carbons (Fsp3) is 0.519. The number of ether oxygens (including phenoxy) is 2. The molecule has 5 rings (SSSR count). The van der Waals surface area contributed by atoms with Crippen LogP contribution in [0.5, 0.6) is 5.75 Å². The molecule has 1 amide bonds. The van der Waals surface area contributed by atoms with Crippen molar-refractivity contribution < 1.29 is 28.2 Å². The van der Waals surface area contributed by atoms with E-state index < -0.39 is 29.9 Å². The first kappa shape index (κ1) is 28.0. The number of hydrogen-bond donors (Lipinski definition) is 3. The van der Waals surface area contributed by atoms with E-state index in [-0.39, 0.29) is 27.7 Å². The number of carbonyl (C=O) groups excluding carboxylic acids is 1. The van der Waals surface area contributed by atoms with Gasteiger partial charge in [0, 0.05) is 63.4 Å². The Labute approximate surface area is 231 Å². The van der Waals surface area contributed by atoms with Gasteiger partial charge in [-0.2, -0.15) is 0 Å². The van der Waals surface area contributed by atoms with Crippen LogP contribution in [0.3, 0.4) is 0 Å². The van der Waals surface area contributed by atoms with Crippen LogP contribution in [0.2, 0.25) is 5.02 Å². The molecule has 3 aliphatic heterocycles. The van der Waals surface area contributed by atoms with Crippen molar-refractivity contribution in [2.24, 2.45) is 0 Å². The molecule has 3 heterocycles. The van der Waals surface area contributed by atoms with E-state index in [1.165, 1.54) is 12.1 Å². The van der Waals surface area contributed by atoms with Crippen LogP contribution in [0.1, 0.15) is 25.1 Å². The maximum atomic E-state index is 16.2. The van der Waals surface area contributed by atoms with Crippen LogP contribution in [0, 0.1) is 11.6 Å². The molecule has 9 nitrogen and oxygen atoms in total. The molecule has 2 atom stereocenters. The van der Waals surface area contributed by atoms with Gasteiger partial charge in [-0.05, 0) is 18.2 Å². The first-order chi connectivity index (χ1) is 18.9. The van der Waals surface area contributed by atoms with E-state index in [2.05, 4.69) is 20.4 Å². The zero-order valence-electron chi connectivity index (χ0n) is 21.9. The molecule has 3 aliphatic rings. The quantitative estimate of drug-likeness (QED) is 0.472. The van der Waals surface area contributed by atoms with Crippen molar-refractivity contribution in [3.63, 3.8) is 0 Å². The number of halogens is 3. The zero-order valence-corrected chi connectivity index (χ0v) is 22.6. The van der Waals surface area contributed by atoms with Crippen LogP contribution in [0.25, 0.3) is 11.1 Å². The standard InChI is InChI=1S/C27H34ClF2N5O4/c1-2-21(37)34-6-8-35(9-7-34)26-17-16-18(28)22(23-19(29)4-3-5-20(23)36)24(30)25(17)31-27(32-26)39-15-12-33-10-13-38-14-11-33/h3-5,16,26-27,31-32,36H,2,6-15H2,1H3. The number of nitrogens with one attached hydrogen (secondary N) is 2. The van der Waals surface area contributed by atoms with E-state index in [9.17, 15) is 14.3 Å². The molecule has 2 unspecified atom stereocenters. The minimum atomic E-state index is -0.781. The van der Waals surface area contributed by atoms with Crippen molar-refractivity contribution in [3.8, 4) is 16.9 Å². The highest BCUT2D eigenvalue weighted by molar-refractivity contribution is 6.33. The van der Waals surface area contributed by atoms with Gasteiger partial charge in [0.15, 0.2) is 12.2 Å². The Morgan fingerprint density at radius 1 is 1.15 bits per heavy atom. The Hall–Kier alpha value is -2.54. The molecular weight excluding hydrogens is 532 g/mol. The van der Waals surface area contributed by atoms with Crippen molar-refractivity contribution in [1.82, 2.24) is 20.0 Å². The van der Waals surface area contributed by atoms with Crippen molar-refractivity contribution in [1.29, 1.82) is 0 Å². The Bertz CT molecular complexity index is 1170. The molecule has 0 radical (unpaired) electrons. The lowest BCUT2D eigenvalue weighted by atomic mass is 9.97. The summed E-state index contributed by atoms with van der Waals surface area (Å²) in [6.45, 7) is 8.16. The van der Waals surface area contributed by atoms with Crippen molar-refractivity contribution >= 4 is 23.2 Å². The fourth-order valence-electron chi connectivity index (χ4n) is 5.36. The summed E-state index contributed by atoms with van der Waals surface area (Å²) in [6, 6.07) is 5.38. The average molecular weight is 566 g/mol. The first-order valence-electron chi connectivity index (χ1n) is 13.3. The van der Waals surface area contributed by atoms with Crippen molar-refractivity contribution in [2.45, 2.75) is 25.9 Å². The summed E-state index contributed by atoms with van der Waals surface area (Å²) in [5.74, 6) is -1.86. The van der Waals surface area contributed by atoms with Gasteiger partial charge in [-0.3, -0.25) is 19.9 Å². The fourth-order valence-corrected chi connectivity index (χ4v) is 5.66. The summed E-state index contributed by atoms with van der Waals surface area (Å²) in [6.07, 6.45) is -0.764. The summed E-state index contributed by atoms with van der Waals surface area (Å²) in [5.41, 5.74) is 0.158. The Morgan fingerprint density at radius 2 is 1.90 bits per heavy atom. The number of anilines is 1. The molecule has 2 saturated heterocycles. The minimum absolute atomic E-state index is 0.0215. The van der Waals surface area contributed by atoms with Gasteiger partial charge in [0.25, 0.3) is 0 Å². The predicted molar refractivity (Wildman–Crippen MR) is 143 cm³/mol. The number of fused-ring (bicyclic) bond motifs is 1. The number of benzene rings is 2. The van der Waals surface area contributed by atoms with E-state index >= 15 is 4.39 Å². The predicted octanol–water partition coefficient (Wildman–Crippen LogP) is 3.19. The van der Waals surface area contributed by atoms with Gasteiger partial charge in [-0.25, -0.2) is 8.78 Å². The molecule has 212 valence electrons. The molecule has 3 N–H and O–H groups in total. The Morgan fingerprint density at radius 3 is 2.59 bits per heavy atom. The molecule has 2 fully saturated rings. The van der Waals surface area contributed by atoms with Gasteiger partial charge >= 0.3 is 0 Å². The summed E-state index contributed by atoms with van der Waals surface area (Å²) < 4.78 is 42.4. The maximum Gasteiger partial charge on any atom is 0.222 e. The molecular formula is C27H34ClF2N5O4. The molecule has 12 heteroatoms. The molecule has 0 aliphatic carbocycles. The van der Waals surface area contributed by atoms with E-state index in [4.69, 9.17) is 21.1 Å². The smallest absolute Gasteiger partial charge is 0.222 e. The third kappa shape index (κ3) is 5.98. The summed E-state index contributed by atoms with van der Waals surface area (Å²) in [5, 5.41) is 16.8. The van der Waals surface area contributed by atoms with Crippen LogP contribution in [-0.4, -0.2) is 97.7 Å². The molecule has 2 aromatic rings. The lowest BCUT2D eigenvalue weighted by Gasteiger charge is -2.44. The minimum Gasteiger partial charge on any atom is -0.507 e. The number of amides is 1. The number of phenolic OH excluding ortho intramolecular Hbond substituents is 1. The number of phenols is 1. The molecule has 0 saturated carbocycles. The van der Waals surface area contributed by atoms with E-state index in [0.717, 1.165) is 19.2 Å².